The number of hydrogen-bond acceptors (Lipinski definition) is 3. The molecule has 0 heterocycles. The Hall–Kier alpha value is -1.76. The average molecular weight is 364 g/mol. The van der Waals surface area contributed by atoms with Gasteiger partial charge in [-0.2, -0.15) is 4.31 Å². The number of nitrogens with zero attached hydrogens (tertiary/aromatic N) is 1. The van der Waals surface area contributed by atoms with E-state index in [-0.39, 0.29) is 16.8 Å². The molecule has 0 bridgehead atoms. The summed E-state index contributed by atoms with van der Waals surface area (Å²) in [5, 5.41) is 3.24. The first kappa shape index (κ1) is 19.6. The van der Waals surface area contributed by atoms with Gasteiger partial charge < -0.3 is 5.32 Å². The lowest BCUT2D eigenvalue weighted by molar-refractivity contribution is 0.410. The summed E-state index contributed by atoms with van der Waals surface area (Å²) in [7, 11) is -1.88. The Morgan fingerprint density at radius 1 is 1.04 bits per heavy atom. The fourth-order valence-corrected chi connectivity index (χ4v) is 3.69. The Kier molecular flexibility index (Phi) is 6.32. The van der Waals surface area contributed by atoms with Crippen LogP contribution < -0.4 is 5.32 Å². The molecule has 0 aromatic heterocycles. The molecule has 0 amide bonds. The quantitative estimate of drug-likeness (QED) is 0.819. The Bertz CT molecular complexity index is 818. The van der Waals surface area contributed by atoms with Crippen molar-refractivity contribution in [1.29, 1.82) is 0 Å². The van der Waals surface area contributed by atoms with Crippen molar-refractivity contribution in [2.45, 2.75) is 44.8 Å². The smallest absolute Gasteiger partial charge is 0.243 e. The number of aryl methyl sites for hydroxylation is 1. The molecule has 4 nitrogen and oxygen atoms in total. The van der Waals surface area contributed by atoms with Crippen LogP contribution in [-0.2, 0) is 23.1 Å². The second-order valence-electron chi connectivity index (χ2n) is 6.45. The first-order valence-corrected chi connectivity index (χ1v) is 9.68. The maximum absolute atomic E-state index is 13.5. The number of halogens is 1. The molecule has 1 N–H and O–H groups in total. The Labute approximate surface area is 149 Å². The summed E-state index contributed by atoms with van der Waals surface area (Å²) in [5.74, 6) is -0.205. The van der Waals surface area contributed by atoms with Crippen molar-refractivity contribution < 1.29 is 12.8 Å². The highest BCUT2D eigenvalue weighted by molar-refractivity contribution is 7.89. The summed E-state index contributed by atoms with van der Waals surface area (Å²) in [6, 6.07) is 11.9. The third-order valence-corrected chi connectivity index (χ3v) is 6.27. The van der Waals surface area contributed by atoms with Gasteiger partial charge in [0.15, 0.2) is 0 Å². The predicted molar refractivity (Wildman–Crippen MR) is 98.2 cm³/mol. The molecule has 0 spiro atoms. The molecule has 25 heavy (non-hydrogen) atoms. The van der Waals surface area contributed by atoms with Crippen molar-refractivity contribution in [2.24, 2.45) is 0 Å². The molecule has 136 valence electrons. The number of sulfonamides is 1. The Morgan fingerprint density at radius 3 is 2.16 bits per heavy atom. The minimum absolute atomic E-state index is 0.0961. The van der Waals surface area contributed by atoms with Gasteiger partial charge in [0.1, 0.15) is 5.82 Å². The lowest BCUT2D eigenvalue weighted by atomic mass is 10.1. The van der Waals surface area contributed by atoms with Crippen molar-refractivity contribution in [1.82, 2.24) is 9.62 Å². The molecule has 2 aromatic carbocycles. The van der Waals surface area contributed by atoms with Gasteiger partial charge in [-0.3, -0.25) is 0 Å². The van der Waals surface area contributed by atoms with E-state index >= 15 is 0 Å². The molecule has 6 heteroatoms. The molecular weight excluding hydrogens is 339 g/mol. The molecule has 0 radical (unpaired) electrons. The van der Waals surface area contributed by atoms with E-state index in [1.54, 1.807) is 44.3 Å². The number of rotatable bonds is 7. The second-order valence-corrected chi connectivity index (χ2v) is 8.44. The van der Waals surface area contributed by atoms with Crippen LogP contribution in [0.3, 0.4) is 0 Å². The van der Waals surface area contributed by atoms with Gasteiger partial charge in [0, 0.05) is 26.2 Å². The van der Waals surface area contributed by atoms with Crippen LogP contribution in [0, 0.1) is 12.7 Å². The third-order valence-electron chi connectivity index (χ3n) is 4.22. The van der Waals surface area contributed by atoms with Gasteiger partial charge in [-0.05, 0) is 55.7 Å². The van der Waals surface area contributed by atoms with Gasteiger partial charge in [0.2, 0.25) is 10.0 Å². The van der Waals surface area contributed by atoms with Crippen molar-refractivity contribution >= 4 is 10.0 Å². The highest BCUT2D eigenvalue weighted by Crippen LogP contribution is 2.17. The van der Waals surface area contributed by atoms with Crippen LogP contribution in [0.1, 0.15) is 30.5 Å². The molecule has 2 rings (SSSR count). The third kappa shape index (κ3) is 4.87. The maximum Gasteiger partial charge on any atom is 0.243 e. The number of hydrogen-bond donors (Lipinski definition) is 1. The molecule has 0 saturated carbocycles. The van der Waals surface area contributed by atoms with E-state index in [4.69, 9.17) is 0 Å². The SMILES string of the molecule is Cc1ccc(CNCc2ccc(S(=O)(=O)N(C)C(C)C)cc2)cc1F. The molecule has 0 fully saturated rings. The van der Waals surface area contributed by atoms with Gasteiger partial charge in [-0.1, -0.05) is 24.3 Å². The fourth-order valence-electron chi connectivity index (χ4n) is 2.32. The predicted octanol–water partition coefficient (Wildman–Crippen LogP) is 3.45. The van der Waals surface area contributed by atoms with Gasteiger partial charge in [-0.15, -0.1) is 0 Å². The van der Waals surface area contributed by atoms with Gasteiger partial charge in [-0.25, -0.2) is 12.8 Å². The zero-order valence-electron chi connectivity index (χ0n) is 15.1. The summed E-state index contributed by atoms with van der Waals surface area (Å²) in [6.45, 7) is 6.54. The monoisotopic (exact) mass is 364 g/mol. The fraction of sp³-hybridized carbons (Fsp3) is 0.368. The first-order chi connectivity index (χ1) is 11.7. The summed E-state index contributed by atoms with van der Waals surface area (Å²) in [4.78, 5) is 0.285. The van der Waals surface area contributed by atoms with E-state index in [1.165, 1.54) is 10.4 Å². The van der Waals surface area contributed by atoms with Crippen LogP contribution in [0.15, 0.2) is 47.4 Å². The first-order valence-electron chi connectivity index (χ1n) is 8.24. The molecule has 0 saturated heterocycles. The zero-order chi connectivity index (χ0) is 18.6. The van der Waals surface area contributed by atoms with E-state index in [0.717, 1.165) is 11.1 Å². The van der Waals surface area contributed by atoms with Gasteiger partial charge >= 0.3 is 0 Å². The lowest BCUT2D eigenvalue weighted by Gasteiger charge is -2.21. The van der Waals surface area contributed by atoms with Gasteiger partial charge in [0.25, 0.3) is 0 Å². The molecule has 0 unspecified atom stereocenters. The maximum atomic E-state index is 13.5. The van der Waals surface area contributed by atoms with Crippen molar-refractivity contribution in [3.05, 3.63) is 65.0 Å². The van der Waals surface area contributed by atoms with Gasteiger partial charge in [0.05, 0.1) is 4.90 Å². The highest BCUT2D eigenvalue weighted by atomic mass is 32.2. The largest absolute Gasteiger partial charge is 0.309 e. The van der Waals surface area contributed by atoms with E-state index < -0.39 is 10.0 Å². The van der Waals surface area contributed by atoms with Crippen molar-refractivity contribution in [3.63, 3.8) is 0 Å². The Morgan fingerprint density at radius 2 is 1.60 bits per heavy atom. The topological polar surface area (TPSA) is 49.4 Å². The van der Waals surface area contributed by atoms with E-state index in [1.807, 2.05) is 19.9 Å². The number of benzene rings is 2. The standard InChI is InChI=1S/C19H25FN2O2S/c1-14(2)22(4)25(23,24)18-9-7-16(8-10-18)12-21-13-17-6-5-15(3)19(20)11-17/h5-11,14,21H,12-13H2,1-4H3. The normalized spacial score (nSPS) is 12.1. The molecule has 0 aliphatic heterocycles. The van der Waals surface area contributed by atoms with E-state index in [9.17, 15) is 12.8 Å². The number of nitrogens with one attached hydrogen (secondary N) is 1. The summed E-state index contributed by atoms with van der Waals surface area (Å²) >= 11 is 0. The van der Waals surface area contributed by atoms with Crippen molar-refractivity contribution in [3.8, 4) is 0 Å². The zero-order valence-corrected chi connectivity index (χ0v) is 15.9. The molecular formula is C19H25FN2O2S. The summed E-state index contributed by atoms with van der Waals surface area (Å²) in [6.07, 6.45) is 0. The second kappa shape index (κ2) is 8.08. The van der Waals surface area contributed by atoms with Crippen molar-refractivity contribution in [2.75, 3.05) is 7.05 Å². The van der Waals surface area contributed by atoms with Crippen LogP contribution in [0.25, 0.3) is 0 Å². The van der Waals surface area contributed by atoms with E-state index in [2.05, 4.69) is 5.32 Å². The molecule has 2 aromatic rings. The van der Waals surface area contributed by atoms with Crippen LogP contribution in [0.4, 0.5) is 4.39 Å². The van der Waals surface area contributed by atoms with Crippen LogP contribution in [-0.4, -0.2) is 25.8 Å². The van der Waals surface area contributed by atoms with Crippen LogP contribution in [0.2, 0.25) is 0 Å². The average Bonchev–Trinajstić information content (AvgIpc) is 2.57. The summed E-state index contributed by atoms with van der Waals surface area (Å²) < 4.78 is 39.7. The summed E-state index contributed by atoms with van der Waals surface area (Å²) in [5.41, 5.74) is 2.48. The minimum Gasteiger partial charge on any atom is -0.309 e. The minimum atomic E-state index is -3.46. The molecule has 0 aliphatic rings. The van der Waals surface area contributed by atoms with Crippen LogP contribution in [0.5, 0.6) is 0 Å². The molecule has 0 aliphatic carbocycles. The van der Waals surface area contributed by atoms with E-state index in [0.29, 0.717) is 18.7 Å². The lowest BCUT2D eigenvalue weighted by Crippen LogP contribution is -2.33. The Balaban J connectivity index is 1.97. The van der Waals surface area contributed by atoms with Crippen LogP contribution >= 0.6 is 0 Å². The highest BCUT2D eigenvalue weighted by Gasteiger charge is 2.22. The molecule has 0 atom stereocenters.